The lowest BCUT2D eigenvalue weighted by Gasteiger charge is -2.17. The van der Waals surface area contributed by atoms with Gasteiger partial charge in [0.15, 0.2) is 0 Å². The zero-order valence-corrected chi connectivity index (χ0v) is 14.3. The van der Waals surface area contributed by atoms with Gasteiger partial charge in [-0.3, -0.25) is 14.9 Å². The Balaban J connectivity index is 1.71. The zero-order chi connectivity index (χ0) is 18.5. The Morgan fingerprint density at radius 2 is 2.00 bits per heavy atom. The molecule has 0 aliphatic rings. The second-order valence-corrected chi connectivity index (χ2v) is 5.92. The number of halogens is 1. The van der Waals surface area contributed by atoms with Crippen LogP contribution in [0.5, 0.6) is 0 Å². The first kappa shape index (κ1) is 17.6. The fraction of sp³-hybridized carbons (Fsp3) is 0.211. The predicted octanol–water partition coefficient (Wildman–Crippen LogP) is 3.24. The summed E-state index contributed by atoms with van der Waals surface area (Å²) in [6.45, 7) is 1.91. The number of hydrogen-bond acceptors (Lipinski definition) is 3. The summed E-state index contributed by atoms with van der Waals surface area (Å²) in [5, 5.41) is 5.35. The molecule has 0 saturated carbocycles. The van der Waals surface area contributed by atoms with E-state index in [-0.39, 0.29) is 11.5 Å². The van der Waals surface area contributed by atoms with Crippen LogP contribution in [0.3, 0.4) is 0 Å². The smallest absolute Gasteiger partial charge is 0.252 e. The molecule has 1 heterocycles. The van der Waals surface area contributed by atoms with Crippen LogP contribution in [0.25, 0.3) is 11.0 Å². The van der Waals surface area contributed by atoms with Crippen molar-refractivity contribution in [2.24, 2.45) is 0 Å². The SMILES string of the molecule is CCCC(NC(=O)c1cccc(F)c1)C(=O)Nc1nc2ccccc2[nH]1. The van der Waals surface area contributed by atoms with Crippen molar-refractivity contribution in [3.63, 3.8) is 0 Å². The molecule has 0 fully saturated rings. The molecule has 3 aromatic rings. The number of para-hydroxylation sites is 2. The highest BCUT2D eigenvalue weighted by atomic mass is 19.1. The normalized spacial score (nSPS) is 11.9. The quantitative estimate of drug-likeness (QED) is 0.635. The van der Waals surface area contributed by atoms with Crippen LogP contribution in [-0.2, 0) is 4.79 Å². The van der Waals surface area contributed by atoms with Crippen LogP contribution in [0, 0.1) is 5.82 Å². The number of carbonyl (C=O) groups is 2. The number of aromatic amines is 1. The number of rotatable bonds is 6. The lowest BCUT2D eigenvalue weighted by atomic mass is 10.1. The van der Waals surface area contributed by atoms with Gasteiger partial charge < -0.3 is 10.3 Å². The molecule has 1 atom stereocenters. The van der Waals surface area contributed by atoms with Crippen molar-refractivity contribution in [2.45, 2.75) is 25.8 Å². The molecule has 7 heteroatoms. The van der Waals surface area contributed by atoms with Gasteiger partial charge >= 0.3 is 0 Å². The summed E-state index contributed by atoms with van der Waals surface area (Å²) >= 11 is 0. The maximum absolute atomic E-state index is 13.3. The van der Waals surface area contributed by atoms with E-state index < -0.39 is 17.8 Å². The summed E-state index contributed by atoms with van der Waals surface area (Å²) < 4.78 is 13.3. The third kappa shape index (κ3) is 4.05. The fourth-order valence-corrected chi connectivity index (χ4v) is 2.64. The lowest BCUT2D eigenvalue weighted by molar-refractivity contribution is -0.118. The first-order chi connectivity index (χ1) is 12.6. The highest BCUT2D eigenvalue weighted by Gasteiger charge is 2.22. The fourth-order valence-electron chi connectivity index (χ4n) is 2.64. The van der Waals surface area contributed by atoms with E-state index in [9.17, 15) is 14.0 Å². The minimum absolute atomic E-state index is 0.169. The third-order valence-corrected chi connectivity index (χ3v) is 3.92. The Morgan fingerprint density at radius 3 is 2.73 bits per heavy atom. The van der Waals surface area contributed by atoms with Crippen molar-refractivity contribution in [3.8, 4) is 0 Å². The van der Waals surface area contributed by atoms with Crippen LogP contribution in [0.1, 0.15) is 30.1 Å². The van der Waals surface area contributed by atoms with E-state index in [0.29, 0.717) is 18.8 Å². The summed E-state index contributed by atoms with van der Waals surface area (Å²) in [6.07, 6.45) is 1.15. The number of H-pyrrole nitrogens is 1. The van der Waals surface area contributed by atoms with Crippen molar-refractivity contribution in [3.05, 3.63) is 59.9 Å². The average molecular weight is 354 g/mol. The standard InChI is InChI=1S/C19H19FN4O2/c1-2-6-16(21-17(25)12-7-5-8-13(20)11-12)18(26)24-19-22-14-9-3-4-10-15(14)23-19/h3-5,7-11,16H,2,6H2,1H3,(H,21,25)(H2,22,23,24,26). The summed E-state index contributed by atoms with van der Waals surface area (Å²) in [4.78, 5) is 32.2. The number of carbonyl (C=O) groups excluding carboxylic acids is 2. The number of aromatic nitrogens is 2. The van der Waals surface area contributed by atoms with Crippen LogP contribution >= 0.6 is 0 Å². The van der Waals surface area contributed by atoms with Crippen molar-refractivity contribution in [2.75, 3.05) is 5.32 Å². The van der Waals surface area contributed by atoms with Crippen LogP contribution in [0.2, 0.25) is 0 Å². The molecular formula is C19H19FN4O2. The van der Waals surface area contributed by atoms with E-state index in [1.54, 1.807) is 0 Å². The van der Waals surface area contributed by atoms with E-state index in [0.717, 1.165) is 17.1 Å². The second kappa shape index (κ2) is 7.77. The molecule has 26 heavy (non-hydrogen) atoms. The predicted molar refractivity (Wildman–Crippen MR) is 97.3 cm³/mol. The van der Waals surface area contributed by atoms with Gasteiger partial charge in [0.05, 0.1) is 11.0 Å². The topological polar surface area (TPSA) is 86.9 Å². The molecule has 3 rings (SSSR count). The van der Waals surface area contributed by atoms with Crippen LogP contribution in [0.15, 0.2) is 48.5 Å². The molecule has 0 saturated heterocycles. The molecular weight excluding hydrogens is 335 g/mol. The number of fused-ring (bicyclic) bond motifs is 1. The van der Waals surface area contributed by atoms with Crippen LogP contribution in [-0.4, -0.2) is 27.8 Å². The summed E-state index contributed by atoms with van der Waals surface area (Å²) in [6, 6.07) is 12.0. The maximum Gasteiger partial charge on any atom is 0.252 e. The molecule has 1 aromatic heterocycles. The minimum atomic E-state index is -0.746. The third-order valence-electron chi connectivity index (χ3n) is 3.92. The molecule has 0 bridgehead atoms. The van der Waals surface area contributed by atoms with Gasteiger partial charge in [-0.1, -0.05) is 31.5 Å². The van der Waals surface area contributed by atoms with E-state index in [1.807, 2.05) is 31.2 Å². The van der Waals surface area contributed by atoms with Crippen molar-refractivity contribution in [1.29, 1.82) is 0 Å². The number of nitrogens with zero attached hydrogens (tertiary/aromatic N) is 1. The first-order valence-electron chi connectivity index (χ1n) is 8.39. The molecule has 2 aromatic carbocycles. The molecule has 6 nitrogen and oxygen atoms in total. The van der Waals surface area contributed by atoms with E-state index in [1.165, 1.54) is 18.2 Å². The summed E-state index contributed by atoms with van der Waals surface area (Å²) in [5.41, 5.74) is 1.71. The number of hydrogen-bond donors (Lipinski definition) is 3. The second-order valence-electron chi connectivity index (χ2n) is 5.92. The van der Waals surface area contributed by atoms with Gasteiger partial charge in [0.2, 0.25) is 11.9 Å². The van der Waals surface area contributed by atoms with Gasteiger partial charge in [0.25, 0.3) is 5.91 Å². The summed E-state index contributed by atoms with van der Waals surface area (Å²) in [7, 11) is 0. The van der Waals surface area contributed by atoms with Crippen molar-refractivity contribution < 1.29 is 14.0 Å². The maximum atomic E-state index is 13.3. The van der Waals surface area contributed by atoms with Gasteiger partial charge in [-0.15, -0.1) is 0 Å². The summed E-state index contributed by atoms with van der Waals surface area (Å²) in [5.74, 6) is -1.06. The van der Waals surface area contributed by atoms with Gasteiger partial charge in [-0.25, -0.2) is 9.37 Å². The molecule has 0 aliphatic heterocycles. The van der Waals surface area contributed by atoms with E-state index in [4.69, 9.17) is 0 Å². The minimum Gasteiger partial charge on any atom is -0.340 e. The largest absolute Gasteiger partial charge is 0.340 e. The number of nitrogens with one attached hydrogen (secondary N) is 3. The van der Waals surface area contributed by atoms with Crippen LogP contribution < -0.4 is 10.6 Å². The van der Waals surface area contributed by atoms with Crippen LogP contribution in [0.4, 0.5) is 10.3 Å². The molecule has 1 unspecified atom stereocenters. The van der Waals surface area contributed by atoms with Gasteiger partial charge in [0.1, 0.15) is 11.9 Å². The highest BCUT2D eigenvalue weighted by Crippen LogP contribution is 2.14. The first-order valence-corrected chi connectivity index (χ1v) is 8.39. The van der Waals surface area contributed by atoms with Crippen molar-refractivity contribution in [1.82, 2.24) is 15.3 Å². The Bertz CT molecular complexity index is 905. The highest BCUT2D eigenvalue weighted by molar-refractivity contribution is 6.01. The lowest BCUT2D eigenvalue weighted by Crippen LogP contribution is -2.43. The van der Waals surface area contributed by atoms with Crippen molar-refractivity contribution >= 4 is 28.8 Å². The average Bonchev–Trinajstić information content (AvgIpc) is 3.03. The molecule has 0 aliphatic carbocycles. The Kier molecular flexibility index (Phi) is 5.26. The Labute approximate surface area is 149 Å². The van der Waals surface area contributed by atoms with E-state index in [2.05, 4.69) is 20.6 Å². The number of imidazole rings is 1. The van der Waals surface area contributed by atoms with E-state index >= 15 is 0 Å². The van der Waals surface area contributed by atoms with Gasteiger partial charge in [-0.05, 0) is 36.8 Å². The number of anilines is 1. The van der Waals surface area contributed by atoms with Gasteiger partial charge in [-0.2, -0.15) is 0 Å². The molecule has 134 valence electrons. The number of benzene rings is 2. The monoisotopic (exact) mass is 354 g/mol. The molecule has 0 radical (unpaired) electrons. The molecule has 3 N–H and O–H groups in total. The molecule has 2 amide bonds. The number of amides is 2. The Morgan fingerprint density at radius 1 is 1.19 bits per heavy atom. The van der Waals surface area contributed by atoms with Gasteiger partial charge in [0, 0.05) is 5.56 Å². The zero-order valence-electron chi connectivity index (χ0n) is 14.3. The molecule has 0 spiro atoms. The Hall–Kier alpha value is -3.22.